The minimum absolute atomic E-state index is 0.0818. The zero-order valence-corrected chi connectivity index (χ0v) is 23.7. The summed E-state index contributed by atoms with van der Waals surface area (Å²) < 4.78 is 33.6. The van der Waals surface area contributed by atoms with Crippen molar-refractivity contribution >= 4 is 44.6 Å². The van der Waals surface area contributed by atoms with Crippen LogP contribution in [0, 0.1) is 18.3 Å². The fraction of sp³-hybridized carbons (Fsp3) is 0.214. The van der Waals surface area contributed by atoms with Crippen molar-refractivity contribution in [3.63, 3.8) is 0 Å². The molecule has 0 aliphatic rings. The maximum absolute atomic E-state index is 11.1. The number of hydrogen-bond donors (Lipinski definition) is 1. The van der Waals surface area contributed by atoms with Crippen molar-refractivity contribution in [3.8, 4) is 33.4 Å². The standard InChI is InChI=1S/C28H27N3O4S3/c1-19-10-11-22(31-21-8-4-9-23(15-21)34-13-6-14-35-38(3,32)33)16-24(19)27-26(20-7-5-12-30-18-20)25(17-29)28(36-2)37-27/h4-5,7-12,15-16,18,31H,6,13-14H2,1-3H3. The van der Waals surface area contributed by atoms with Gasteiger partial charge >= 0.3 is 0 Å². The minimum atomic E-state index is -3.45. The molecule has 0 saturated heterocycles. The highest BCUT2D eigenvalue weighted by atomic mass is 32.2. The molecule has 0 spiro atoms. The van der Waals surface area contributed by atoms with Crippen molar-refractivity contribution in [2.45, 2.75) is 17.6 Å². The monoisotopic (exact) mass is 565 g/mol. The number of aromatic nitrogens is 1. The van der Waals surface area contributed by atoms with Crippen LogP contribution in [0.3, 0.4) is 0 Å². The molecule has 7 nitrogen and oxygen atoms in total. The first-order chi connectivity index (χ1) is 18.3. The third-order valence-electron chi connectivity index (χ3n) is 5.58. The molecule has 4 aromatic rings. The summed E-state index contributed by atoms with van der Waals surface area (Å²) in [4.78, 5) is 5.32. The number of rotatable bonds is 11. The van der Waals surface area contributed by atoms with E-state index in [4.69, 9.17) is 8.92 Å². The zero-order valence-electron chi connectivity index (χ0n) is 21.2. The predicted octanol–water partition coefficient (Wildman–Crippen LogP) is 6.87. The number of hydrogen-bond acceptors (Lipinski definition) is 9. The Morgan fingerprint density at radius 2 is 1.92 bits per heavy atom. The van der Waals surface area contributed by atoms with Gasteiger partial charge < -0.3 is 10.1 Å². The maximum atomic E-state index is 11.1. The number of aryl methyl sites for hydroxylation is 1. The lowest BCUT2D eigenvalue weighted by molar-refractivity contribution is 0.252. The summed E-state index contributed by atoms with van der Waals surface area (Å²) in [5.41, 5.74) is 6.41. The highest BCUT2D eigenvalue weighted by Crippen LogP contribution is 2.47. The van der Waals surface area contributed by atoms with E-state index in [1.165, 1.54) is 0 Å². The van der Waals surface area contributed by atoms with Gasteiger partial charge in [-0.2, -0.15) is 13.7 Å². The summed E-state index contributed by atoms with van der Waals surface area (Å²) >= 11 is 3.20. The van der Waals surface area contributed by atoms with Crippen LogP contribution < -0.4 is 10.1 Å². The third-order valence-corrected chi connectivity index (χ3v) is 8.52. The average molecular weight is 566 g/mol. The summed E-state index contributed by atoms with van der Waals surface area (Å²) in [5.74, 6) is 0.669. The molecule has 0 aliphatic heterocycles. The highest BCUT2D eigenvalue weighted by Gasteiger charge is 2.22. The molecule has 0 fully saturated rings. The fourth-order valence-electron chi connectivity index (χ4n) is 3.87. The van der Waals surface area contributed by atoms with E-state index in [2.05, 4.69) is 35.4 Å². The van der Waals surface area contributed by atoms with Crippen LogP contribution in [0.5, 0.6) is 5.75 Å². The van der Waals surface area contributed by atoms with Crippen LogP contribution in [0.25, 0.3) is 21.6 Å². The second-order valence-electron chi connectivity index (χ2n) is 8.44. The molecule has 0 aliphatic carbocycles. The Hall–Kier alpha value is -3.36. The van der Waals surface area contributed by atoms with Crippen molar-refractivity contribution in [2.75, 3.05) is 31.0 Å². The minimum Gasteiger partial charge on any atom is -0.493 e. The number of nitrogens with one attached hydrogen (secondary N) is 1. The largest absolute Gasteiger partial charge is 0.493 e. The molecular formula is C28H27N3O4S3. The van der Waals surface area contributed by atoms with Gasteiger partial charge in [0, 0.05) is 52.3 Å². The van der Waals surface area contributed by atoms with Gasteiger partial charge in [-0.25, -0.2) is 0 Å². The van der Waals surface area contributed by atoms with Crippen LogP contribution in [-0.4, -0.2) is 39.1 Å². The van der Waals surface area contributed by atoms with Crippen molar-refractivity contribution in [1.29, 1.82) is 5.26 Å². The molecule has 196 valence electrons. The predicted molar refractivity (Wildman–Crippen MR) is 155 cm³/mol. The first-order valence-corrected chi connectivity index (χ1v) is 15.6. The molecule has 10 heteroatoms. The Balaban J connectivity index is 1.58. The molecule has 0 bridgehead atoms. The van der Waals surface area contributed by atoms with Gasteiger partial charge in [0.15, 0.2) is 0 Å². The van der Waals surface area contributed by atoms with Crippen molar-refractivity contribution in [3.05, 3.63) is 78.1 Å². The lowest BCUT2D eigenvalue weighted by Crippen LogP contribution is -2.07. The van der Waals surface area contributed by atoms with Crippen LogP contribution in [0.1, 0.15) is 17.5 Å². The number of nitrogens with zero attached hydrogens (tertiary/aromatic N) is 2. The Bertz CT molecular complexity index is 1560. The average Bonchev–Trinajstić information content (AvgIpc) is 3.28. The Morgan fingerprint density at radius 3 is 2.63 bits per heavy atom. The van der Waals surface area contributed by atoms with Gasteiger partial charge in [-0.05, 0) is 54.6 Å². The second-order valence-corrected chi connectivity index (χ2v) is 12.2. The molecule has 4 rings (SSSR count). The number of nitriles is 1. The van der Waals surface area contributed by atoms with Crippen molar-refractivity contribution in [2.24, 2.45) is 0 Å². The van der Waals surface area contributed by atoms with Crippen molar-refractivity contribution in [1.82, 2.24) is 4.98 Å². The zero-order chi connectivity index (χ0) is 27.1. The molecule has 2 aromatic carbocycles. The Kier molecular flexibility index (Phi) is 9.07. The first-order valence-electron chi connectivity index (χ1n) is 11.8. The van der Waals surface area contributed by atoms with Crippen LogP contribution in [0.2, 0.25) is 0 Å². The van der Waals surface area contributed by atoms with E-state index in [0.717, 1.165) is 49.0 Å². The van der Waals surface area contributed by atoms with Gasteiger partial charge in [0.2, 0.25) is 0 Å². The molecule has 0 unspecified atom stereocenters. The summed E-state index contributed by atoms with van der Waals surface area (Å²) in [5, 5.41) is 13.4. The van der Waals surface area contributed by atoms with E-state index in [9.17, 15) is 13.7 Å². The second kappa shape index (κ2) is 12.5. The number of benzene rings is 2. The number of thiophene rings is 1. The van der Waals surface area contributed by atoms with E-state index in [1.54, 1.807) is 35.5 Å². The van der Waals surface area contributed by atoms with Gasteiger partial charge in [-0.1, -0.05) is 18.2 Å². The highest BCUT2D eigenvalue weighted by molar-refractivity contribution is 8.00. The molecule has 2 aromatic heterocycles. The van der Waals surface area contributed by atoms with E-state index in [1.807, 2.05) is 48.7 Å². The summed E-state index contributed by atoms with van der Waals surface area (Å²) in [6, 6.07) is 20.1. The van der Waals surface area contributed by atoms with Gasteiger partial charge in [-0.3, -0.25) is 9.17 Å². The van der Waals surface area contributed by atoms with Crippen molar-refractivity contribution < 1.29 is 17.3 Å². The normalized spacial score (nSPS) is 11.2. The van der Waals surface area contributed by atoms with Gasteiger partial charge in [0.25, 0.3) is 10.1 Å². The van der Waals surface area contributed by atoms with Gasteiger partial charge in [-0.15, -0.1) is 23.1 Å². The van der Waals surface area contributed by atoms with Gasteiger partial charge in [0.1, 0.15) is 11.8 Å². The lowest BCUT2D eigenvalue weighted by atomic mass is 9.97. The molecule has 0 saturated carbocycles. The molecule has 38 heavy (non-hydrogen) atoms. The molecule has 2 heterocycles. The summed E-state index contributed by atoms with van der Waals surface area (Å²) in [7, 11) is -3.45. The van der Waals surface area contributed by atoms with Crippen LogP contribution in [0.15, 0.2) is 71.2 Å². The quantitative estimate of drug-likeness (QED) is 0.119. The lowest BCUT2D eigenvalue weighted by Gasteiger charge is -2.13. The molecule has 1 N–H and O–H groups in total. The van der Waals surface area contributed by atoms with E-state index < -0.39 is 10.1 Å². The summed E-state index contributed by atoms with van der Waals surface area (Å²) in [6.45, 7) is 2.49. The van der Waals surface area contributed by atoms with E-state index in [0.29, 0.717) is 24.3 Å². The Labute approximate surface area is 231 Å². The number of pyridine rings is 1. The topological polar surface area (TPSA) is 101 Å². The number of ether oxygens (including phenoxy) is 1. The summed E-state index contributed by atoms with van der Waals surface area (Å²) in [6.07, 6.45) is 7.00. The molecule has 0 atom stereocenters. The van der Waals surface area contributed by atoms with Crippen LogP contribution in [0.4, 0.5) is 11.4 Å². The molecule has 0 amide bonds. The van der Waals surface area contributed by atoms with E-state index >= 15 is 0 Å². The number of thioether (sulfide) groups is 1. The SMILES string of the molecule is CSc1sc(-c2cc(Nc3cccc(OCCCOS(C)(=O)=O)c3)ccc2C)c(-c2cccnc2)c1C#N. The van der Waals surface area contributed by atoms with Gasteiger partial charge in [0.05, 0.1) is 29.2 Å². The van der Waals surface area contributed by atoms with E-state index in [-0.39, 0.29) is 6.61 Å². The van der Waals surface area contributed by atoms with Crippen LogP contribution in [-0.2, 0) is 14.3 Å². The first kappa shape index (κ1) is 27.7. The smallest absolute Gasteiger partial charge is 0.264 e. The Morgan fingerprint density at radius 1 is 1.11 bits per heavy atom. The third kappa shape index (κ3) is 6.94. The fourth-order valence-corrected chi connectivity index (χ4v) is 6.31. The molecular weight excluding hydrogens is 539 g/mol. The number of anilines is 2. The maximum Gasteiger partial charge on any atom is 0.264 e. The van der Waals surface area contributed by atoms with Crippen LogP contribution >= 0.6 is 23.1 Å². The molecule has 0 radical (unpaired) electrons.